The molecular weight excluding hydrogens is 350 g/mol. The molecule has 0 spiro atoms. The van der Waals surface area contributed by atoms with Crippen molar-refractivity contribution in [2.45, 2.75) is 19.4 Å². The topological polar surface area (TPSA) is 53.4 Å². The lowest BCUT2D eigenvalue weighted by Crippen LogP contribution is -2.49. The number of piperazine rings is 1. The fourth-order valence-electron chi connectivity index (χ4n) is 3.84. The van der Waals surface area contributed by atoms with Crippen LogP contribution >= 0.6 is 12.4 Å². The maximum atomic E-state index is 12.8. The summed E-state index contributed by atoms with van der Waals surface area (Å²) in [5.74, 6) is 0.140. The predicted octanol–water partition coefficient (Wildman–Crippen LogP) is 1.72. The Bertz CT molecular complexity index is 739. The van der Waals surface area contributed by atoms with E-state index in [9.17, 15) is 4.79 Å². The maximum Gasteiger partial charge on any atom is 0.253 e. The van der Waals surface area contributed by atoms with E-state index < -0.39 is 0 Å². The summed E-state index contributed by atoms with van der Waals surface area (Å²) >= 11 is 0. The van der Waals surface area contributed by atoms with Gasteiger partial charge in [-0.25, -0.2) is 4.68 Å². The Labute approximate surface area is 160 Å². The Morgan fingerprint density at radius 3 is 2.50 bits per heavy atom. The minimum atomic E-state index is 0. The van der Waals surface area contributed by atoms with Crippen LogP contribution in [0.4, 0.5) is 0 Å². The van der Waals surface area contributed by atoms with E-state index in [0.717, 1.165) is 62.6 Å². The summed E-state index contributed by atoms with van der Waals surface area (Å²) in [7, 11) is 0. The Hall–Kier alpha value is -1.89. The highest BCUT2D eigenvalue weighted by atomic mass is 35.5. The van der Waals surface area contributed by atoms with E-state index in [4.69, 9.17) is 0 Å². The SMILES string of the molecule is Cc1ccnn1-c1ccc(C(=O)N2CCC(N3CCNCC3)C2)cc1.Cl. The number of aromatic nitrogens is 2. The number of carbonyl (C=O) groups is 1. The van der Waals surface area contributed by atoms with E-state index in [-0.39, 0.29) is 18.3 Å². The summed E-state index contributed by atoms with van der Waals surface area (Å²) in [5.41, 5.74) is 2.83. The molecule has 6 nitrogen and oxygen atoms in total. The van der Waals surface area contributed by atoms with Crippen LogP contribution in [0.2, 0.25) is 0 Å². The quantitative estimate of drug-likeness (QED) is 0.887. The van der Waals surface area contributed by atoms with E-state index in [1.54, 1.807) is 6.20 Å². The van der Waals surface area contributed by atoms with E-state index in [2.05, 4.69) is 15.3 Å². The molecule has 7 heteroatoms. The van der Waals surface area contributed by atoms with Gasteiger partial charge in [0.25, 0.3) is 5.91 Å². The number of carbonyl (C=O) groups excluding carboxylic acids is 1. The summed E-state index contributed by atoms with van der Waals surface area (Å²) in [5, 5.41) is 7.70. The number of benzene rings is 1. The van der Waals surface area contributed by atoms with Crippen LogP contribution in [0.3, 0.4) is 0 Å². The molecule has 0 saturated carbocycles. The fourth-order valence-corrected chi connectivity index (χ4v) is 3.84. The monoisotopic (exact) mass is 375 g/mol. The number of aryl methyl sites for hydroxylation is 1. The molecule has 3 heterocycles. The zero-order valence-corrected chi connectivity index (χ0v) is 15.9. The van der Waals surface area contributed by atoms with Gasteiger partial charge in [-0.3, -0.25) is 9.69 Å². The molecular formula is C19H26ClN5O. The molecule has 2 aromatic rings. The largest absolute Gasteiger partial charge is 0.337 e. The van der Waals surface area contributed by atoms with Crippen molar-refractivity contribution in [3.05, 3.63) is 47.8 Å². The second kappa shape index (κ2) is 8.20. The minimum Gasteiger partial charge on any atom is -0.337 e. The average Bonchev–Trinajstić information content (AvgIpc) is 3.31. The van der Waals surface area contributed by atoms with Gasteiger partial charge in [-0.2, -0.15) is 5.10 Å². The first kappa shape index (κ1) is 18.9. The zero-order valence-electron chi connectivity index (χ0n) is 15.1. The maximum absolute atomic E-state index is 12.8. The predicted molar refractivity (Wildman–Crippen MR) is 104 cm³/mol. The van der Waals surface area contributed by atoms with Crippen molar-refractivity contribution in [1.82, 2.24) is 24.9 Å². The number of rotatable bonds is 3. The van der Waals surface area contributed by atoms with Gasteiger partial charge in [-0.15, -0.1) is 12.4 Å². The van der Waals surface area contributed by atoms with Crippen LogP contribution in [-0.2, 0) is 0 Å². The zero-order chi connectivity index (χ0) is 17.2. The summed E-state index contributed by atoms with van der Waals surface area (Å²) in [6.45, 7) is 8.01. The number of hydrogen-bond donors (Lipinski definition) is 1. The number of nitrogens with one attached hydrogen (secondary N) is 1. The first-order valence-electron chi connectivity index (χ1n) is 9.07. The number of halogens is 1. The molecule has 2 fully saturated rings. The van der Waals surface area contributed by atoms with Gasteiger partial charge in [0.15, 0.2) is 0 Å². The second-order valence-corrected chi connectivity index (χ2v) is 6.91. The molecule has 2 saturated heterocycles. The molecule has 1 amide bonds. The smallest absolute Gasteiger partial charge is 0.253 e. The highest BCUT2D eigenvalue weighted by molar-refractivity contribution is 5.94. The summed E-state index contributed by atoms with van der Waals surface area (Å²) < 4.78 is 1.88. The third kappa shape index (κ3) is 3.77. The van der Waals surface area contributed by atoms with Crippen LogP contribution in [-0.4, -0.2) is 70.8 Å². The first-order chi connectivity index (χ1) is 12.2. The van der Waals surface area contributed by atoms with Gasteiger partial charge in [0.2, 0.25) is 0 Å². The minimum absolute atomic E-state index is 0. The summed E-state index contributed by atoms with van der Waals surface area (Å²) in [4.78, 5) is 17.3. The second-order valence-electron chi connectivity index (χ2n) is 6.91. The van der Waals surface area contributed by atoms with E-state index in [1.165, 1.54) is 0 Å². The third-order valence-electron chi connectivity index (χ3n) is 5.31. The number of hydrogen-bond acceptors (Lipinski definition) is 4. The third-order valence-corrected chi connectivity index (χ3v) is 5.31. The standard InChI is InChI=1S/C19H25N5O.ClH/c1-15-6-8-21-24(15)17-4-2-16(3-5-17)19(25)23-11-7-18(14-23)22-12-9-20-10-13-22;/h2-6,8,18,20H,7,9-14H2,1H3;1H. The fraction of sp³-hybridized carbons (Fsp3) is 0.474. The molecule has 0 radical (unpaired) electrons. The average molecular weight is 376 g/mol. The van der Waals surface area contributed by atoms with Crippen molar-refractivity contribution < 1.29 is 4.79 Å². The van der Waals surface area contributed by atoms with E-state index in [1.807, 2.05) is 46.8 Å². The lowest BCUT2D eigenvalue weighted by atomic mass is 10.2. The molecule has 1 aromatic carbocycles. The van der Waals surface area contributed by atoms with Crippen molar-refractivity contribution in [2.75, 3.05) is 39.3 Å². The van der Waals surface area contributed by atoms with Gasteiger partial charge < -0.3 is 10.2 Å². The Balaban J connectivity index is 0.00000196. The molecule has 1 atom stereocenters. The van der Waals surface area contributed by atoms with Crippen LogP contribution in [0.15, 0.2) is 36.5 Å². The molecule has 1 N–H and O–H groups in total. The number of likely N-dealkylation sites (tertiary alicyclic amines) is 1. The van der Waals surface area contributed by atoms with Crippen LogP contribution in [0.25, 0.3) is 5.69 Å². The van der Waals surface area contributed by atoms with Gasteiger partial charge in [-0.05, 0) is 43.7 Å². The van der Waals surface area contributed by atoms with Gasteiger partial charge in [-0.1, -0.05) is 0 Å². The molecule has 26 heavy (non-hydrogen) atoms. The Morgan fingerprint density at radius 2 is 1.85 bits per heavy atom. The molecule has 0 bridgehead atoms. The number of nitrogens with zero attached hydrogens (tertiary/aromatic N) is 4. The highest BCUT2D eigenvalue weighted by Gasteiger charge is 2.31. The van der Waals surface area contributed by atoms with Crippen molar-refractivity contribution in [1.29, 1.82) is 0 Å². The normalized spacial score (nSPS) is 20.8. The Kier molecular flexibility index (Phi) is 5.96. The molecule has 2 aliphatic heterocycles. The molecule has 1 aromatic heterocycles. The molecule has 140 valence electrons. The Morgan fingerprint density at radius 1 is 1.12 bits per heavy atom. The first-order valence-corrected chi connectivity index (χ1v) is 9.07. The van der Waals surface area contributed by atoms with E-state index in [0.29, 0.717) is 6.04 Å². The van der Waals surface area contributed by atoms with Gasteiger partial charge in [0, 0.05) is 62.8 Å². The molecule has 1 unspecified atom stereocenters. The van der Waals surface area contributed by atoms with Crippen molar-refractivity contribution >= 4 is 18.3 Å². The van der Waals surface area contributed by atoms with Crippen LogP contribution in [0, 0.1) is 6.92 Å². The summed E-state index contributed by atoms with van der Waals surface area (Å²) in [6.07, 6.45) is 2.87. The lowest BCUT2D eigenvalue weighted by Gasteiger charge is -2.32. The van der Waals surface area contributed by atoms with Crippen LogP contribution in [0.5, 0.6) is 0 Å². The van der Waals surface area contributed by atoms with Crippen molar-refractivity contribution in [3.8, 4) is 5.69 Å². The summed E-state index contributed by atoms with van der Waals surface area (Å²) in [6, 6.07) is 10.2. The van der Waals surface area contributed by atoms with Crippen LogP contribution < -0.4 is 5.32 Å². The number of amides is 1. The van der Waals surface area contributed by atoms with Gasteiger partial charge in [0.05, 0.1) is 5.69 Å². The molecule has 4 rings (SSSR count). The molecule has 2 aliphatic rings. The molecule has 0 aliphatic carbocycles. The van der Waals surface area contributed by atoms with Gasteiger partial charge >= 0.3 is 0 Å². The van der Waals surface area contributed by atoms with E-state index >= 15 is 0 Å². The van der Waals surface area contributed by atoms with Gasteiger partial charge in [0.1, 0.15) is 0 Å². The van der Waals surface area contributed by atoms with Crippen LogP contribution in [0.1, 0.15) is 22.5 Å². The van der Waals surface area contributed by atoms with Crippen molar-refractivity contribution in [2.24, 2.45) is 0 Å². The lowest BCUT2D eigenvalue weighted by molar-refractivity contribution is 0.0773. The highest BCUT2D eigenvalue weighted by Crippen LogP contribution is 2.19. The van der Waals surface area contributed by atoms with Crippen molar-refractivity contribution in [3.63, 3.8) is 0 Å².